The SMILES string of the molecule is O=C(c1ccsc1)N1CC[C@]2(C[C@H](Nc3ncc(F)cn3)CO2)C1. The number of hydrogen-bond donors (Lipinski definition) is 1. The molecule has 0 aliphatic carbocycles. The lowest BCUT2D eigenvalue weighted by atomic mass is 9.97. The van der Waals surface area contributed by atoms with Gasteiger partial charge in [0.25, 0.3) is 5.91 Å². The molecule has 2 aliphatic heterocycles. The van der Waals surface area contributed by atoms with Crippen LogP contribution in [-0.2, 0) is 4.74 Å². The third-order valence-electron chi connectivity index (χ3n) is 4.53. The lowest BCUT2D eigenvalue weighted by Gasteiger charge is -2.23. The number of aromatic nitrogens is 2. The summed E-state index contributed by atoms with van der Waals surface area (Å²) >= 11 is 1.52. The van der Waals surface area contributed by atoms with Crippen molar-refractivity contribution in [3.63, 3.8) is 0 Å². The molecule has 4 rings (SSSR count). The molecule has 2 saturated heterocycles. The Morgan fingerprint density at radius 1 is 1.46 bits per heavy atom. The Labute approximate surface area is 142 Å². The lowest BCUT2D eigenvalue weighted by Crippen LogP contribution is -2.36. The van der Waals surface area contributed by atoms with E-state index in [-0.39, 0.29) is 17.6 Å². The van der Waals surface area contributed by atoms with Crippen LogP contribution in [-0.4, -0.2) is 52.1 Å². The van der Waals surface area contributed by atoms with Gasteiger partial charge in [0.15, 0.2) is 5.82 Å². The summed E-state index contributed by atoms with van der Waals surface area (Å²) in [6.45, 7) is 1.83. The summed E-state index contributed by atoms with van der Waals surface area (Å²) in [5.74, 6) is -0.000626. The smallest absolute Gasteiger partial charge is 0.254 e. The Morgan fingerprint density at radius 3 is 3.04 bits per heavy atom. The summed E-state index contributed by atoms with van der Waals surface area (Å²) in [5.41, 5.74) is 0.438. The van der Waals surface area contributed by atoms with E-state index in [2.05, 4.69) is 15.3 Å². The van der Waals surface area contributed by atoms with Crippen molar-refractivity contribution in [2.45, 2.75) is 24.5 Å². The van der Waals surface area contributed by atoms with Gasteiger partial charge in [0, 0.05) is 18.3 Å². The summed E-state index contributed by atoms with van der Waals surface area (Å²) in [5, 5.41) is 6.96. The molecule has 2 atom stereocenters. The summed E-state index contributed by atoms with van der Waals surface area (Å²) in [6, 6.07) is 1.91. The molecule has 2 aromatic heterocycles. The van der Waals surface area contributed by atoms with E-state index < -0.39 is 5.82 Å². The molecule has 126 valence electrons. The van der Waals surface area contributed by atoms with E-state index >= 15 is 0 Å². The van der Waals surface area contributed by atoms with Gasteiger partial charge in [-0.1, -0.05) is 0 Å². The standard InChI is InChI=1S/C16H17FN4O2S/c17-12-6-18-15(19-7-12)20-13-5-16(23-8-13)2-3-21(10-16)14(22)11-1-4-24-9-11/h1,4,6-7,9,13H,2-3,5,8,10H2,(H,18,19,20)/t13-,16-/m0/s1. The number of ether oxygens (including phenoxy) is 1. The van der Waals surface area contributed by atoms with Crippen LogP contribution in [0.5, 0.6) is 0 Å². The van der Waals surface area contributed by atoms with Gasteiger partial charge in [0.2, 0.25) is 5.95 Å². The third-order valence-corrected chi connectivity index (χ3v) is 5.22. The highest BCUT2D eigenvalue weighted by Crippen LogP contribution is 2.36. The van der Waals surface area contributed by atoms with Gasteiger partial charge in [-0.25, -0.2) is 14.4 Å². The largest absolute Gasteiger partial charge is 0.371 e. The molecule has 0 bridgehead atoms. The van der Waals surface area contributed by atoms with Gasteiger partial charge in [0.1, 0.15) is 0 Å². The van der Waals surface area contributed by atoms with Crippen LogP contribution in [0.3, 0.4) is 0 Å². The number of nitrogens with zero attached hydrogens (tertiary/aromatic N) is 3. The fourth-order valence-corrected chi connectivity index (χ4v) is 4.01. The Hall–Kier alpha value is -2.06. The van der Waals surface area contributed by atoms with Crippen molar-refractivity contribution >= 4 is 23.2 Å². The van der Waals surface area contributed by atoms with Gasteiger partial charge in [-0.05, 0) is 17.9 Å². The minimum absolute atomic E-state index is 0.0617. The fourth-order valence-electron chi connectivity index (χ4n) is 3.38. The summed E-state index contributed by atoms with van der Waals surface area (Å²) < 4.78 is 18.9. The van der Waals surface area contributed by atoms with E-state index in [9.17, 15) is 9.18 Å². The summed E-state index contributed by atoms with van der Waals surface area (Å²) in [6.07, 6.45) is 3.88. The molecular weight excluding hydrogens is 331 g/mol. The molecule has 2 fully saturated rings. The number of halogens is 1. The van der Waals surface area contributed by atoms with Crippen molar-refractivity contribution in [1.29, 1.82) is 0 Å². The topological polar surface area (TPSA) is 67.4 Å². The zero-order valence-corrected chi connectivity index (χ0v) is 13.8. The maximum Gasteiger partial charge on any atom is 0.254 e. The highest BCUT2D eigenvalue weighted by atomic mass is 32.1. The first-order valence-corrected chi connectivity index (χ1v) is 8.77. The Kier molecular flexibility index (Phi) is 3.93. The first kappa shape index (κ1) is 15.5. The Bertz CT molecular complexity index is 724. The summed E-state index contributed by atoms with van der Waals surface area (Å²) in [4.78, 5) is 22.2. The van der Waals surface area contributed by atoms with Crippen molar-refractivity contribution in [2.24, 2.45) is 0 Å². The number of amides is 1. The molecule has 1 N–H and O–H groups in total. The number of hydrogen-bond acceptors (Lipinski definition) is 6. The minimum Gasteiger partial charge on any atom is -0.371 e. The van der Waals surface area contributed by atoms with E-state index in [0.717, 1.165) is 30.8 Å². The van der Waals surface area contributed by atoms with Crippen LogP contribution in [0.1, 0.15) is 23.2 Å². The van der Waals surface area contributed by atoms with E-state index in [1.807, 2.05) is 21.7 Å². The predicted molar refractivity (Wildman–Crippen MR) is 87.5 cm³/mol. The Balaban J connectivity index is 1.37. The molecule has 0 unspecified atom stereocenters. The van der Waals surface area contributed by atoms with Crippen molar-refractivity contribution in [3.05, 3.63) is 40.6 Å². The predicted octanol–water partition coefficient (Wildman–Crippen LogP) is 2.16. The van der Waals surface area contributed by atoms with Gasteiger partial charge in [-0.3, -0.25) is 4.79 Å². The van der Waals surface area contributed by atoms with E-state index in [1.54, 1.807) is 0 Å². The van der Waals surface area contributed by atoms with E-state index in [1.165, 1.54) is 11.3 Å². The number of anilines is 1. The second kappa shape index (κ2) is 6.10. The van der Waals surface area contributed by atoms with Gasteiger partial charge >= 0.3 is 0 Å². The molecule has 8 heteroatoms. The molecule has 2 aliphatic rings. The van der Waals surface area contributed by atoms with Gasteiger partial charge in [-0.2, -0.15) is 11.3 Å². The first-order chi connectivity index (χ1) is 11.6. The molecule has 24 heavy (non-hydrogen) atoms. The third kappa shape index (κ3) is 2.99. The number of carbonyl (C=O) groups is 1. The second-order valence-corrected chi connectivity index (χ2v) is 7.03. The van der Waals surface area contributed by atoms with Crippen molar-refractivity contribution in [1.82, 2.24) is 14.9 Å². The van der Waals surface area contributed by atoms with Crippen LogP contribution >= 0.6 is 11.3 Å². The fraction of sp³-hybridized carbons (Fsp3) is 0.438. The number of nitrogens with one attached hydrogen (secondary N) is 1. The zero-order chi connectivity index (χ0) is 16.6. The number of likely N-dealkylation sites (tertiary alicyclic amines) is 1. The maximum absolute atomic E-state index is 12.9. The van der Waals surface area contributed by atoms with Crippen LogP contribution in [0.2, 0.25) is 0 Å². The van der Waals surface area contributed by atoms with Crippen molar-refractivity contribution < 1.29 is 13.9 Å². The number of rotatable bonds is 3. The highest BCUT2D eigenvalue weighted by molar-refractivity contribution is 7.08. The van der Waals surface area contributed by atoms with Crippen molar-refractivity contribution in [3.8, 4) is 0 Å². The normalized spacial score (nSPS) is 26.2. The average Bonchev–Trinajstić information content (AvgIpc) is 3.32. The molecule has 6 nitrogen and oxygen atoms in total. The molecule has 1 amide bonds. The first-order valence-electron chi connectivity index (χ1n) is 7.83. The van der Waals surface area contributed by atoms with Crippen molar-refractivity contribution in [2.75, 3.05) is 25.0 Å². The molecule has 0 saturated carbocycles. The van der Waals surface area contributed by atoms with E-state index in [4.69, 9.17) is 4.74 Å². The van der Waals surface area contributed by atoms with Crippen LogP contribution < -0.4 is 5.32 Å². The number of carbonyl (C=O) groups excluding carboxylic acids is 1. The van der Waals surface area contributed by atoms with Gasteiger partial charge in [0.05, 0.1) is 42.8 Å². The lowest BCUT2D eigenvalue weighted by molar-refractivity contribution is 0.0125. The van der Waals surface area contributed by atoms with Crippen LogP contribution in [0.15, 0.2) is 29.2 Å². The van der Waals surface area contributed by atoms with Crippen LogP contribution in [0.25, 0.3) is 0 Å². The maximum atomic E-state index is 12.9. The molecule has 2 aromatic rings. The summed E-state index contributed by atoms with van der Waals surface area (Å²) in [7, 11) is 0. The Morgan fingerprint density at radius 2 is 2.29 bits per heavy atom. The minimum atomic E-state index is -0.460. The molecule has 1 spiro atoms. The molecular formula is C16H17FN4O2S. The van der Waals surface area contributed by atoms with E-state index in [0.29, 0.717) is 25.6 Å². The zero-order valence-electron chi connectivity index (χ0n) is 12.9. The van der Waals surface area contributed by atoms with Crippen LogP contribution in [0, 0.1) is 5.82 Å². The van der Waals surface area contributed by atoms with Gasteiger partial charge in [-0.15, -0.1) is 0 Å². The quantitative estimate of drug-likeness (QED) is 0.921. The van der Waals surface area contributed by atoms with Crippen LogP contribution in [0.4, 0.5) is 10.3 Å². The number of thiophene rings is 1. The molecule has 0 aromatic carbocycles. The monoisotopic (exact) mass is 348 g/mol. The molecule has 4 heterocycles. The highest BCUT2D eigenvalue weighted by Gasteiger charge is 2.47. The van der Waals surface area contributed by atoms with Gasteiger partial charge < -0.3 is 15.0 Å². The second-order valence-electron chi connectivity index (χ2n) is 6.25. The average molecular weight is 348 g/mol. The molecule has 0 radical (unpaired) electrons.